The molecule has 0 aliphatic heterocycles. The molecule has 0 aliphatic rings. The standard InChI is InChI=1S/C20H23N5O3S/c1-14(18-8-5-11-29-18)22-20(27)16-13-25(24-23-16)10-9-21-19(26)12-15-6-3-4-7-17(15)28-2/h3-8,11,13-14H,9-10,12H2,1-2H3,(H,21,26)(H,22,27)/t14-/m0/s1. The van der Waals surface area contributed by atoms with Crippen LogP contribution in [0.25, 0.3) is 0 Å². The molecule has 2 N–H and O–H groups in total. The molecule has 0 radical (unpaired) electrons. The number of hydrogen-bond acceptors (Lipinski definition) is 6. The van der Waals surface area contributed by atoms with E-state index < -0.39 is 0 Å². The summed E-state index contributed by atoms with van der Waals surface area (Å²) in [6.45, 7) is 2.72. The largest absolute Gasteiger partial charge is 0.496 e. The molecule has 3 aromatic rings. The number of nitrogens with one attached hydrogen (secondary N) is 2. The fraction of sp³-hybridized carbons (Fsp3) is 0.300. The van der Waals surface area contributed by atoms with Crippen molar-refractivity contribution in [2.45, 2.75) is 25.9 Å². The van der Waals surface area contributed by atoms with Crippen LogP contribution in [0.2, 0.25) is 0 Å². The molecule has 2 heterocycles. The van der Waals surface area contributed by atoms with Gasteiger partial charge in [-0.05, 0) is 24.4 Å². The van der Waals surface area contributed by atoms with E-state index in [-0.39, 0.29) is 30.0 Å². The summed E-state index contributed by atoms with van der Waals surface area (Å²) in [6.07, 6.45) is 1.80. The van der Waals surface area contributed by atoms with Crippen LogP contribution < -0.4 is 15.4 Å². The third kappa shape index (κ3) is 5.64. The maximum atomic E-state index is 12.3. The topological polar surface area (TPSA) is 98.1 Å². The molecule has 9 heteroatoms. The Morgan fingerprint density at radius 3 is 2.83 bits per heavy atom. The molecule has 0 unspecified atom stereocenters. The maximum absolute atomic E-state index is 12.3. The van der Waals surface area contributed by atoms with Crippen molar-refractivity contribution >= 4 is 23.2 Å². The van der Waals surface area contributed by atoms with Crippen LogP contribution in [-0.2, 0) is 17.8 Å². The van der Waals surface area contributed by atoms with Gasteiger partial charge in [-0.1, -0.05) is 29.5 Å². The molecular weight excluding hydrogens is 390 g/mol. The summed E-state index contributed by atoms with van der Waals surface area (Å²) < 4.78 is 6.79. The Bertz CT molecular complexity index is 955. The van der Waals surface area contributed by atoms with E-state index in [1.54, 1.807) is 24.6 Å². The summed E-state index contributed by atoms with van der Waals surface area (Å²) in [5.74, 6) is 0.293. The molecule has 2 aromatic heterocycles. The Kier molecular flexibility index (Phi) is 6.96. The van der Waals surface area contributed by atoms with E-state index in [1.165, 1.54) is 4.68 Å². The van der Waals surface area contributed by atoms with Crippen LogP contribution in [0.3, 0.4) is 0 Å². The number of aromatic nitrogens is 3. The van der Waals surface area contributed by atoms with Gasteiger partial charge in [-0.25, -0.2) is 4.68 Å². The first-order valence-corrected chi connectivity index (χ1v) is 10.1. The van der Waals surface area contributed by atoms with Crippen molar-refractivity contribution in [1.29, 1.82) is 0 Å². The highest BCUT2D eigenvalue weighted by molar-refractivity contribution is 7.10. The SMILES string of the molecule is COc1ccccc1CC(=O)NCCn1cc(C(=O)N[C@@H](C)c2cccs2)nn1. The average molecular weight is 414 g/mol. The van der Waals surface area contributed by atoms with E-state index in [1.807, 2.05) is 48.7 Å². The van der Waals surface area contributed by atoms with E-state index in [0.717, 1.165) is 10.4 Å². The summed E-state index contributed by atoms with van der Waals surface area (Å²) in [5, 5.41) is 15.6. The lowest BCUT2D eigenvalue weighted by Crippen LogP contribution is -2.29. The van der Waals surface area contributed by atoms with Gasteiger partial charge in [0.15, 0.2) is 5.69 Å². The van der Waals surface area contributed by atoms with Crippen LogP contribution in [-0.4, -0.2) is 40.5 Å². The summed E-state index contributed by atoms with van der Waals surface area (Å²) >= 11 is 1.59. The smallest absolute Gasteiger partial charge is 0.273 e. The molecule has 0 saturated carbocycles. The van der Waals surface area contributed by atoms with Crippen molar-refractivity contribution in [1.82, 2.24) is 25.6 Å². The van der Waals surface area contributed by atoms with Gasteiger partial charge in [0.1, 0.15) is 5.75 Å². The summed E-state index contributed by atoms with van der Waals surface area (Å²) in [7, 11) is 1.58. The zero-order chi connectivity index (χ0) is 20.6. The molecule has 0 aliphatic carbocycles. The van der Waals surface area contributed by atoms with Gasteiger partial charge in [0.05, 0.1) is 32.3 Å². The molecular formula is C20H23N5O3S. The quantitative estimate of drug-likeness (QED) is 0.560. The van der Waals surface area contributed by atoms with Crippen LogP contribution in [0.4, 0.5) is 0 Å². The Labute approximate surface area is 172 Å². The summed E-state index contributed by atoms with van der Waals surface area (Å²) in [5.41, 5.74) is 1.07. The molecule has 1 aromatic carbocycles. The predicted molar refractivity (Wildman–Crippen MR) is 110 cm³/mol. The lowest BCUT2D eigenvalue weighted by molar-refractivity contribution is -0.120. The zero-order valence-electron chi connectivity index (χ0n) is 16.3. The number of thiophene rings is 1. The van der Waals surface area contributed by atoms with E-state index in [2.05, 4.69) is 20.9 Å². The average Bonchev–Trinajstić information content (AvgIpc) is 3.41. The van der Waals surface area contributed by atoms with E-state index in [0.29, 0.717) is 18.8 Å². The Balaban J connectivity index is 1.45. The number of rotatable bonds is 9. The van der Waals surface area contributed by atoms with Crippen molar-refractivity contribution in [2.24, 2.45) is 0 Å². The van der Waals surface area contributed by atoms with E-state index in [4.69, 9.17) is 4.74 Å². The fourth-order valence-corrected chi connectivity index (χ4v) is 3.52. The van der Waals surface area contributed by atoms with Crippen LogP contribution in [0.15, 0.2) is 48.0 Å². The van der Waals surface area contributed by atoms with E-state index in [9.17, 15) is 9.59 Å². The van der Waals surface area contributed by atoms with E-state index >= 15 is 0 Å². The first-order valence-electron chi connectivity index (χ1n) is 9.20. The van der Waals surface area contributed by atoms with Gasteiger partial charge < -0.3 is 15.4 Å². The minimum atomic E-state index is -0.280. The molecule has 0 fully saturated rings. The van der Waals surface area contributed by atoms with Crippen molar-refractivity contribution in [3.05, 3.63) is 64.1 Å². The number of ether oxygens (including phenoxy) is 1. The second kappa shape index (κ2) is 9.83. The lowest BCUT2D eigenvalue weighted by Gasteiger charge is -2.10. The van der Waals surface area contributed by atoms with Crippen LogP contribution in [0.5, 0.6) is 5.75 Å². The molecule has 0 spiro atoms. The van der Waals surface area contributed by atoms with Crippen molar-refractivity contribution in [3.63, 3.8) is 0 Å². The molecule has 29 heavy (non-hydrogen) atoms. The van der Waals surface area contributed by atoms with Gasteiger partial charge in [0, 0.05) is 17.0 Å². The highest BCUT2D eigenvalue weighted by Crippen LogP contribution is 2.18. The van der Waals surface area contributed by atoms with Gasteiger partial charge in [-0.2, -0.15) is 0 Å². The Morgan fingerprint density at radius 1 is 1.24 bits per heavy atom. The third-order valence-corrected chi connectivity index (χ3v) is 5.35. The van der Waals surface area contributed by atoms with Gasteiger partial charge in [-0.3, -0.25) is 9.59 Å². The van der Waals surface area contributed by atoms with Gasteiger partial charge in [-0.15, -0.1) is 16.4 Å². The second-order valence-electron chi connectivity index (χ2n) is 6.42. The lowest BCUT2D eigenvalue weighted by atomic mass is 10.1. The zero-order valence-corrected chi connectivity index (χ0v) is 17.1. The Morgan fingerprint density at radius 2 is 2.07 bits per heavy atom. The van der Waals surface area contributed by atoms with Crippen LogP contribution in [0, 0.1) is 0 Å². The molecule has 3 rings (SSSR count). The number of benzene rings is 1. The predicted octanol–water partition coefficient (Wildman–Crippen LogP) is 2.20. The Hall–Kier alpha value is -3.20. The van der Waals surface area contributed by atoms with Crippen molar-refractivity contribution < 1.29 is 14.3 Å². The van der Waals surface area contributed by atoms with Gasteiger partial charge >= 0.3 is 0 Å². The number of amides is 2. The molecule has 8 nitrogen and oxygen atoms in total. The van der Waals surface area contributed by atoms with Crippen LogP contribution >= 0.6 is 11.3 Å². The number of para-hydroxylation sites is 1. The number of methoxy groups -OCH3 is 1. The first-order chi connectivity index (χ1) is 14.1. The number of carbonyl (C=O) groups is 2. The minimum absolute atomic E-state index is 0.0954. The first kappa shape index (κ1) is 20.5. The van der Waals surface area contributed by atoms with Crippen molar-refractivity contribution in [3.8, 4) is 5.75 Å². The highest BCUT2D eigenvalue weighted by Gasteiger charge is 2.15. The molecule has 152 valence electrons. The highest BCUT2D eigenvalue weighted by atomic mass is 32.1. The minimum Gasteiger partial charge on any atom is -0.496 e. The van der Waals surface area contributed by atoms with Crippen molar-refractivity contribution in [2.75, 3.05) is 13.7 Å². The molecule has 2 amide bonds. The molecule has 0 bridgehead atoms. The maximum Gasteiger partial charge on any atom is 0.273 e. The van der Waals surface area contributed by atoms with Gasteiger partial charge in [0.2, 0.25) is 5.91 Å². The van der Waals surface area contributed by atoms with Gasteiger partial charge in [0.25, 0.3) is 5.91 Å². The summed E-state index contributed by atoms with van der Waals surface area (Å²) in [6, 6.07) is 11.2. The molecule has 0 saturated heterocycles. The monoisotopic (exact) mass is 413 g/mol. The number of carbonyl (C=O) groups excluding carboxylic acids is 2. The third-order valence-electron chi connectivity index (χ3n) is 4.30. The normalized spacial score (nSPS) is 11.7. The molecule has 1 atom stereocenters. The van der Waals surface area contributed by atoms with Crippen LogP contribution in [0.1, 0.15) is 33.9 Å². The second-order valence-corrected chi connectivity index (χ2v) is 7.40. The number of nitrogens with zero attached hydrogens (tertiary/aromatic N) is 3. The fourth-order valence-electron chi connectivity index (χ4n) is 2.79. The number of hydrogen-bond donors (Lipinski definition) is 2. The summed E-state index contributed by atoms with van der Waals surface area (Å²) in [4.78, 5) is 25.5.